The first-order valence-electron chi connectivity index (χ1n) is 22.8. The number of unbranched alkanes of at least 4 members (excludes halogenated alkanes) is 2. The zero-order valence-electron chi connectivity index (χ0n) is 39.5. The van der Waals surface area contributed by atoms with Crippen LogP contribution in [0.3, 0.4) is 0 Å². The van der Waals surface area contributed by atoms with E-state index < -0.39 is 35.9 Å². The Labute approximate surface area is 397 Å². The third-order valence-corrected chi connectivity index (χ3v) is 12.0. The highest BCUT2D eigenvalue weighted by molar-refractivity contribution is 6.06. The summed E-state index contributed by atoms with van der Waals surface area (Å²) in [5.74, 6) is 0.603. The molecule has 1 saturated heterocycles. The van der Waals surface area contributed by atoms with E-state index in [2.05, 4.69) is 39.4 Å². The Hall–Kier alpha value is -6.92. The van der Waals surface area contributed by atoms with Crippen molar-refractivity contribution in [1.82, 2.24) is 20.9 Å². The number of anilines is 2. The quantitative estimate of drug-likeness (QED) is 0.0327. The summed E-state index contributed by atoms with van der Waals surface area (Å²) in [5.41, 5.74) is 4.12. The molecule has 0 radical (unpaired) electrons. The van der Waals surface area contributed by atoms with Crippen molar-refractivity contribution in [3.05, 3.63) is 89.5 Å². The minimum absolute atomic E-state index is 0.0856. The number of amides is 5. The first-order valence-corrected chi connectivity index (χ1v) is 22.8. The van der Waals surface area contributed by atoms with Crippen molar-refractivity contribution in [3.8, 4) is 23.0 Å². The molecule has 3 aromatic rings. The average Bonchev–Trinajstić information content (AvgIpc) is 3.68. The lowest BCUT2D eigenvalue weighted by molar-refractivity contribution is -0.126. The van der Waals surface area contributed by atoms with Crippen LogP contribution in [0.5, 0.6) is 23.0 Å². The Morgan fingerprint density at radius 1 is 0.956 bits per heavy atom. The molecule has 3 aromatic carbocycles. The van der Waals surface area contributed by atoms with Gasteiger partial charge in [0.2, 0.25) is 18.2 Å². The number of benzene rings is 3. The number of carbonyl (C=O) groups is 5. The van der Waals surface area contributed by atoms with Gasteiger partial charge in [-0.15, -0.1) is 0 Å². The summed E-state index contributed by atoms with van der Waals surface area (Å²) in [7, 11) is 4.68. The largest absolute Gasteiger partial charge is 0.493 e. The highest BCUT2D eigenvalue weighted by Crippen LogP contribution is 2.42. The number of fused-ring (bicyclic) bond motifs is 2. The van der Waals surface area contributed by atoms with E-state index in [1.54, 1.807) is 44.6 Å². The maximum atomic E-state index is 14.1. The third kappa shape index (κ3) is 12.1. The number of rotatable bonds is 23. The molecule has 1 saturated carbocycles. The molecule has 5 N–H and O–H groups in total. The van der Waals surface area contributed by atoms with Gasteiger partial charge in [-0.1, -0.05) is 49.8 Å². The van der Waals surface area contributed by atoms with Gasteiger partial charge in [-0.2, -0.15) is 0 Å². The third-order valence-electron chi connectivity index (χ3n) is 12.0. The number of nitrogens with zero attached hydrogens (tertiary/aromatic N) is 3. The predicted molar refractivity (Wildman–Crippen MR) is 257 cm³/mol. The van der Waals surface area contributed by atoms with E-state index in [1.165, 1.54) is 24.1 Å². The van der Waals surface area contributed by atoms with E-state index in [9.17, 15) is 29.1 Å². The number of methoxy groups -OCH3 is 2. The van der Waals surface area contributed by atoms with Crippen LogP contribution in [-0.4, -0.2) is 118 Å². The standard InChI is InChI=1S/C50H63N7O11/c1-8-12-37(55-45(59)26-51-5)46(60)54-35-15-13-34(14-16-35)28-68-49(63)57-39-23-44(42(65-7)21-36(39)47(61)56-27-31(2)19-40(56)48(57)62)67-18-11-9-10-17-66-43-22-38(33(4)20-41(43)64-6)52-29-50(53-30-58)24-32(3)25-50/h13-16,20-23,29-30,37,40,48,51,62H,2-3,8-12,17-19,24-28H2,1,4-7H3,(H,53,58)(H,54,60)(H,55,59). The molecule has 0 bridgehead atoms. The second-order valence-corrected chi connectivity index (χ2v) is 17.3. The maximum Gasteiger partial charge on any atom is 0.416 e. The number of hydrogen-bond donors (Lipinski definition) is 5. The molecule has 2 heterocycles. The van der Waals surface area contributed by atoms with E-state index in [-0.39, 0.29) is 67.3 Å². The average molecular weight is 938 g/mol. The first kappa shape index (κ1) is 50.5. The zero-order valence-corrected chi connectivity index (χ0v) is 39.5. The first-order chi connectivity index (χ1) is 32.7. The smallest absolute Gasteiger partial charge is 0.416 e. The number of aliphatic imine (C=N–C) groups is 1. The van der Waals surface area contributed by atoms with Crippen molar-refractivity contribution < 1.29 is 52.8 Å². The van der Waals surface area contributed by atoms with E-state index in [1.807, 2.05) is 26.0 Å². The molecule has 18 nitrogen and oxygen atoms in total. The molecule has 2 aliphatic heterocycles. The van der Waals surface area contributed by atoms with Crippen LogP contribution in [0.1, 0.15) is 79.8 Å². The molecule has 0 spiro atoms. The molecule has 5 amide bonds. The molecule has 18 heteroatoms. The van der Waals surface area contributed by atoms with Gasteiger partial charge in [-0.05, 0) is 94.3 Å². The molecule has 68 heavy (non-hydrogen) atoms. The summed E-state index contributed by atoms with van der Waals surface area (Å²) in [6.45, 7) is 12.6. The minimum Gasteiger partial charge on any atom is -0.493 e. The molecule has 3 atom stereocenters. The lowest BCUT2D eigenvalue weighted by Gasteiger charge is -2.39. The minimum atomic E-state index is -1.48. The van der Waals surface area contributed by atoms with Crippen molar-refractivity contribution in [1.29, 1.82) is 0 Å². The Kier molecular flexibility index (Phi) is 17.2. The Bertz CT molecular complexity index is 2370. The van der Waals surface area contributed by atoms with Gasteiger partial charge in [0, 0.05) is 30.6 Å². The lowest BCUT2D eigenvalue weighted by atomic mass is 9.74. The van der Waals surface area contributed by atoms with Crippen LogP contribution in [-0.2, 0) is 25.7 Å². The molecule has 1 aliphatic carbocycles. The van der Waals surface area contributed by atoms with E-state index in [0.29, 0.717) is 80.0 Å². The van der Waals surface area contributed by atoms with Crippen LogP contribution in [0.25, 0.3) is 0 Å². The summed E-state index contributed by atoms with van der Waals surface area (Å²) in [4.78, 5) is 71.8. The number of carbonyl (C=O) groups excluding carboxylic acids is 5. The summed E-state index contributed by atoms with van der Waals surface area (Å²) in [5, 5.41) is 23.0. The SMILES string of the molecule is C=C1CC2C(O)N(C(=O)OCc3ccc(NC(=O)C(CCC)NC(=O)CNC)cc3)c3cc(OCCCCCOc4cc(N=CC5(NC=O)CC(=C)C5)c(C)cc4OC)c(OC)cc3C(=O)N2C1. The highest BCUT2D eigenvalue weighted by Gasteiger charge is 2.46. The molecule has 6 rings (SSSR count). The van der Waals surface area contributed by atoms with Crippen molar-refractivity contribution in [2.75, 3.05) is 57.8 Å². The van der Waals surface area contributed by atoms with Crippen molar-refractivity contribution >= 4 is 53.5 Å². The molecular weight excluding hydrogens is 875 g/mol. The fourth-order valence-electron chi connectivity index (χ4n) is 8.47. The van der Waals surface area contributed by atoms with E-state index in [4.69, 9.17) is 23.7 Å². The fraction of sp³-hybridized carbons (Fsp3) is 0.440. The second-order valence-electron chi connectivity index (χ2n) is 17.3. The monoisotopic (exact) mass is 937 g/mol. The van der Waals surface area contributed by atoms with Crippen molar-refractivity contribution in [2.24, 2.45) is 4.99 Å². The second kappa shape index (κ2) is 23.2. The van der Waals surface area contributed by atoms with Gasteiger partial charge in [0.1, 0.15) is 12.6 Å². The summed E-state index contributed by atoms with van der Waals surface area (Å²) >= 11 is 0. The van der Waals surface area contributed by atoms with Gasteiger partial charge in [-0.3, -0.25) is 24.2 Å². The molecule has 3 unspecified atom stereocenters. The van der Waals surface area contributed by atoms with Gasteiger partial charge in [0.25, 0.3) is 5.91 Å². The van der Waals surface area contributed by atoms with Crippen molar-refractivity contribution in [2.45, 2.75) is 95.7 Å². The summed E-state index contributed by atoms with van der Waals surface area (Å²) < 4.78 is 29.4. The number of likely N-dealkylation sites (N-methyl/N-ethyl adjacent to an activating group) is 1. The Morgan fingerprint density at radius 2 is 1.63 bits per heavy atom. The number of ether oxygens (including phenoxy) is 5. The Balaban J connectivity index is 1.09. The summed E-state index contributed by atoms with van der Waals surface area (Å²) in [6.07, 6.45) is 4.80. The van der Waals surface area contributed by atoms with Gasteiger partial charge >= 0.3 is 6.09 Å². The van der Waals surface area contributed by atoms with Crippen LogP contribution >= 0.6 is 0 Å². The van der Waals surface area contributed by atoms with Crippen LogP contribution in [0, 0.1) is 6.92 Å². The van der Waals surface area contributed by atoms with E-state index >= 15 is 0 Å². The number of nitrogens with one attached hydrogen (secondary N) is 4. The van der Waals surface area contributed by atoms with Gasteiger partial charge in [0.05, 0.1) is 62.5 Å². The predicted octanol–water partition coefficient (Wildman–Crippen LogP) is 5.87. The van der Waals surface area contributed by atoms with Crippen LogP contribution in [0.15, 0.2) is 77.8 Å². The van der Waals surface area contributed by atoms with E-state index in [0.717, 1.165) is 28.0 Å². The van der Waals surface area contributed by atoms with Gasteiger partial charge < -0.3 is 55.0 Å². The fourth-order valence-corrected chi connectivity index (χ4v) is 8.47. The molecule has 3 aliphatic rings. The maximum absolute atomic E-state index is 14.1. The number of aryl methyl sites for hydroxylation is 1. The molecule has 0 aromatic heterocycles. The molecular formula is C50H63N7O11. The topological polar surface area (TPSA) is 219 Å². The highest BCUT2D eigenvalue weighted by atomic mass is 16.6. The van der Waals surface area contributed by atoms with Gasteiger partial charge in [0.15, 0.2) is 29.2 Å². The Morgan fingerprint density at radius 3 is 2.26 bits per heavy atom. The number of aliphatic hydroxyl groups is 1. The molecule has 364 valence electrons. The summed E-state index contributed by atoms with van der Waals surface area (Å²) in [6, 6.07) is 11.9. The van der Waals surface area contributed by atoms with Crippen LogP contribution < -0.4 is 45.1 Å². The zero-order chi connectivity index (χ0) is 49.0. The van der Waals surface area contributed by atoms with Gasteiger partial charge in [-0.25, -0.2) is 9.69 Å². The number of aliphatic hydroxyl groups excluding tert-OH is 1. The molecule has 2 fully saturated rings. The van der Waals surface area contributed by atoms with Crippen LogP contribution in [0.4, 0.5) is 21.9 Å². The normalized spacial score (nSPS) is 17.6. The lowest BCUT2D eigenvalue weighted by Crippen LogP contribution is -2.52. The van der Waals surface area contributed by atoms with Crippen LogP contribution in [0.2, 0.25) is 0 Å². The number of hydrogen-bond acceptors (Lipinski definition) is 13. The van der Waals surface area contributed by atoms with Crippen molar-refractivity contribution in [3.63, 3.8) is 0 Å².